The van der Waals surface area contributed by atoms with Crippen molar-refractivity contribution in [2.75, 3.05) is 13.7 Å². The zero-order valence-corrected chi connectivity index (χ0v) is 11.3. The van der Waals surface area contributed by atoms with Gasteiger partial charge in [-0.2, -0.15) is 0 Å². The van der Waals surface area contributed by atoms with E-state index < -0.39 is 0 Å². The van der Waals surface area contributed by atoms with Gasteiger partial charge in [-0.3, -0.25) is 4.99 Å². The van der Waals surface area contributed by atoms with E-state index in [0.29, 0.717) is 5.17 Å². The molecule has 0 radical (unpaired) electrons. The van der Waals surface area contributed by atoms with E-state index in [1.165, 1.54) is 0 Å². The van der Waals surface area contributed by atoms with E-state index in [4.69, 9.17) is 10.5 Å². The Labute approximate surface area is 107 Å². The topological polar surface area (TPSA) is 47.6 Å². The molecule has 0 unspecified atom stereocenters. The van der Waals surface area contributed by atoms with E-state index in [1.54, 1.807) is 18.9 Å². The Morgan fingerprint density at radius 3 is 2.88 bits per heavy atom. The average Bonchev–Trinajstić information content (AvgIpc) is 2.37. The first-order valence-electron chi connectivity index (χ1n) is 5.82. The first-order chi connectivity index (χ1) is 8.27. The fourth-order valence-electron chi connectivity index (χ4n) is 1.37. The number of para-hydroxylation sites is 1. The summed E-state index contributed by atoms with van der Waals surface area (Å²) in [5.41, 5.74) is 6.97. The highest BCUT2D eigenvalue weighted by molar-refractivity contribution is 8.13. The second-order valence-electron chi connectivity index (χ2n) is 3.67. The summed E-state index contributed by atoms with van der Waals surface area (Å²) in [5.74, 6) is 1.70. The van der Waals surface area contributed by atoms with Crippen LogP contribution in [0.15, 0.2) is 29.3 Å². The zero-order valence-electron chi connectivity index (χ0n) is 10.5. The molecule has 0 amide bonds. The lowest BCUT2D eigenvalue weighted by atomic mass is 10.2. The number of thioether (sulfide) groups is 1. The van der Waals surface area contributed by atoms with Gasteiger partial charge in [0.1, 0.15) is 5.75 Å². The molecular formula is C13H20N2OS. The van der Waals surface area contributed by atoms with Crippen molar-refractivity contribution in [3.63, 3.8) is 0 Å². The number of hydrogen-bond acceptors (Lipinski definition) is 3. The van der Waals surface area contributed by atoms with Crippen molar-refractivity contribution in [2.45, 2.75) is 25.5 Å². The highest BCUT2D eigenvalue weighted by Gasteiger charge is 2.02. The lowest BCUT2D eigenvalue weighted by Gasteiger charge is -2.07. The molecule has 0 saturated heterocycles. The smallest absolute Gasteiger partial charge is 0.154 e. The molecule has 3 nitrogen and oxygen atoms in total. The quantitative estimate of drug-likeness (QED) is 0.481. The van der Waals surface area contributed by atoms with Gasteiger partial charge in [0, 0.05) is 17.9 Å². The van der Waals surface area contributed by atoms with Crippen molar-refractivity contribution < 1.29 is 4.74 Å². The summed E-state index contributed by atoms with van der Waals surface area (Å²) in [6.07, 6.45) is 2.24. The molecule has 0 atom stereocenters. The SMILES string of the molecule is CCCCN=C(N)SCc1ccccc1OC. The Balaban J connectivity index is 2.46. The van der Waals surface area contributed by atoms with Gasteiger partial charge in [-0.1, -0.05) is 43.3 Å². The molecule has 0 aliphatic heterocycles. The number of amidine groups is 1. The molecule has 94 valence electrons. The summed E-state index contributed by atoms with van der Waals surface area (Å²) in [6, 6.07) is 7.97. The zero-order chi connectivity index (χ0) is 12.5. The molecule has 4 heteroatoms. The third-order valence-electron chi connectivity index (χ3n) is 2.35. The molecule has 0 saturated carbocycles. The minimum absolute atomic E-state index is 0.657. The summed E-state index contributed by atoms with van der Waals surface area (Å²) in [6.45, 7) is 2.97. The minimum Gasteiger partial charge on any atom is -0.496 e. The van der Waals surface area contributed by atoms with Crippen molar-refractivity contribution in [3.8, 4) is 5.75 Å². The highest BCUT2D eigenvalue weighted by Crippen LogP contribution is 2.22. The number of nitrogens with zero attached hydrogens (tertiary/aromatic N) is 1. The number of benzene rings is 1. The average molecular weight is 252 g/mol. The van der Waals surface area contributed by atoms with Gasteiger partial charge in [-0.05, 0) is 12.5 Å². The molecule has 0 aliphatic rings. The molecule has 0 spiro atoms. The number of unbranched alkanes of at least 4 members (excludes halogenated alkanes) is 1. The molecular weight excluding hydrogens is 232 g/mol. The van der Waals surface area contributed by atoms with Crippen LogP contribution >= 0.6 is 11.8 Å². The van der Waals surface area contributed by atoms with Crippen LogP contribution in [0.5, 0.6) is 5.75 Å². The minimum atomic E-state index is 0.657. The standard InChI is InChI=1S/C13H20N2OS/c1-3-4-9-15-13(14)17-10-11-7-5-6-8-12(11)16-2/h5-8H,3-4,9-10H2,1-2H3,(H2,14,15). The first kappa shape index (κ1) is 13.9. The predicted molar refractivity (Wildman–Crippen MR) is 75.7 cm³/mol. The third kappa shape index (κ3) is 5.13. The van der Waals surface area contributed by atoms with Gasteiger partial charge < -0.3 is 10.5 Å². The number of hydrogen-bond donors (Lipinski definition) is 1. The summed E-state index contributed by atoms with van der Waals surface area (Å²) >= 11 is 1.56. The Kier molecular flexibility index (Phi) is 6.55. The van der Waals surface area contributed by atoms with E-state index in [0.717, 1.165) is 36.5 Å². The van der Waals surface area contributed by atoms with Gasteiger partial charge in [0.15, 0.2) is 5.17 Å². The van der Waals surface area contributed by atoms with Crippen LogP contribution in [0.1, 0.15) is 25.3 Å². The number of nitrogens with two attached hydrogens (primary N) is 1. The molecule has 1 rings (SSSR count). The summed E-state index contributed by atoms with van der Waals surface area (Å²) in [5, 5.41) is 0.657. The van der Waals surface area contributed by atoms with Crippen molar-refractivity contribution in [3.05, 3.63) is 29.8 Å². The Morgan fingerprint density at radius 1 is 1.41 bits per heavy atom. The van der Waals surface area contributed by atoms with E-state index in [1.807, 2.05) is 24.3 Å². The van der Waals surface area contributed by atoms with Crippen molar-refractivity contribution in [1.29, 1.82) is 0 Å². The first-order valence-corrected chi connectivity index (χ1v) is 6.81. The normalized spacial score (nSPS) is 11.5. The summed E-state index contributed by atoms with van der Waals surface area (Å²) in [7, 11) is 1.68. The summed E-state index contributed by atoms with van der Waals surface area (Å²) < 4.78 is 5.28. The van der Waals surface area contributed by atoms with Crippen molar-refractivity contribution >= 4 is 16.9 Å². The van der Waals surface area contributed by atoms with Crippen LogP contribution in [-0.2, 0) is 5.75 Å². The lowest BCUT2D eigenvalue weighted by Crippen LogP contribution is -2.08. The van der Waals surface area contributed by atoms with Crippen LogP contribution in [0.2, 0.25) is 0 Å². The molecule has 0 aliphatic carbocycles. The number of aliphatic imine (C=N–C) groups is 1. The second kappa shape index (κ2) is 8.01. The number of rotatable bonds is 6. The molecule has 0 fully saturated rings. The van der Waals surface area contributed by atoms with Gasteiger partial charge in [0.05, 0.1) is 7.11 Å². The fourth-order valence-corrected chi connectivity index (χ4v) is 2.09. The van der Waals surface area contributed by atoms with Gasteiger partial charge in [0.25, 0.3) is 0 Å². The fraction of sp³-hybridized carbons (Fsp3) is 0.462. The maximum absolute atomic E-state index is 5.83. The second-order valence-corrected chi connectivity index (χ2v) is 4.67. The predicted octanol–water partition coefficient (Wildman–Crippen LogP) is 3.04. The maximum atomic E-state index is 5.83. The third-order valence-corrected chi connectivity index (χ3v) is 3.23. The van der Waals surface area contributed by atoms with Gasteiger partial charge in [-0.25, -0.2) is 0 Å². The summed E-state index contributed by atoms with van der Waals surface area (Å²) in [4.78, 5) is 4.30. The van der Waals surface area contributed by atoms with Crippen LogP contribution < -0.4 is 10.5 Å². The number of ether oxygens (including phenoxy) is 1. The lowest BCUT2D eigenvalue weighted by molar-refractivity contribution is 0.411. The van der Waals surface area contributed by atoms with Gasteiger partial charge in [-0.15, -0.1) is 0 Å². The molecule has 2 N–H and O–H groups in total. The van der Waals surface area contributed by atoms with Crippen LogP contribution in [0, 0.1) is 0 Å². The van der Waals surface area contributed by atoms with Crippen LogP contribution in [0.3, 0.4) is 0 Å². The van der Waals surface area contributed by atoms with E-state index >= 15 is 0 Å². The Hall–Kier alpha value is -1.16. The van der Waals surface area contributed by atoms with Gasteiger partial charge >= 0.3 is 0 Å². The highest BCUT2D eigenvalue weighted by atomic mass is 32.2. The molecule has 1 aromatic rings. The largest absolute Gasteiger partial charge is 0.496 e. The number of methoxy groups -OCH3 is 1. The molecule has 1 aromatic carbocycles. The monoisotopic (exact) mass is 252 g/mol. The molecule has 17 heavy (non-hydrogen) atoms. The van der Waals surface area contributed by atoms with E-state index in [9.17, 15) is 0 Å². The molecule has 0 aromatic heterocycles. The molecule has 0 bridgehead atoms. The van der Waals surface area contributed by atoms with Gasteiger partial charge in [0.2, 0.25) is 0 Å². The Bertz CT molecular complexity index is 366. The van der Waals surface area contributed by atoms with Crippen LogP contribution in [-0.4, -0.2) is 18.8 Å². The van der Waals surface area contributed by atoms with Crippen LogP contribution in [0.4, 0.5) is 0 Å². The van der Waals surface area contributed by atoms with E-state index in [2.05, 4.69) is 11.9 Å². The maximum Gasteiger partial charge on any atom is 0.154 e. The van der Waals surface area contributed by atoms with E-state index in [-0.39, 0.29) is 0 Å². The molecule has 0 heterocycles. The van der Waals surface area contributed by atoms with Crippen molar-refractivity contribution in [1.82, 2.24) is 0 Å². The van der Waals surface area contributed by atoms with Crippen molar-refractivity contribution in [2.24, 2.45) is 10.7 Å². The Morgan fingerprint density at radius 2 is 2.18 bits per heavy atom. The van der Waals surface area contributed by atoms with Crippen LogP contribution in [0.25, 0.3) is 0 Å².